The van der Waals surface area contributed by atoms with Gasteiger partial charge < -0.3 is 14.4 Å². The summed E-state index contributed by atoms with van der Waals surface area (Å²) in [4.78, 5) is 25.7. The van der Waals surface area contributed by atoms with Crippen LogP contribution in [0.15, 0.2) is 18.2 Å². The van der Waals surface area contributed by atoms with Gasteiger partial charge in [0.1, 0.15) is 5.69 Å². The van der Waals surface area contributed by atoms with Crippen LogP contribution in [0.25, 0.3) is 0 Å². The van der Waals surface area contributed by atoms with Crippen LogP contribution in [0.3, 0.4) is 0 Å². The molecule has 0 saturated carbocycles. The van der Waals surface area contributed by atoms with Crippen molar-refractivity contribution in [2.75, 3.05) is 37.8 Å². The number of carbonyl (C=O) groups is 1. The lowest BCUT2D eigenvalue weighted by atomic mass is 9.75. The first-order valence-electron chi connectivity index (χ1n) is 9.95. The SMILES string of the molecule is CCOC(=O)CC1(c2ccc(N(CC(C)C)CC(C)C)c([N+](=O)[O-])c2)COC1. The van der Waals surface area contributed by atoms with Gasteiger partial charge in [0.2, 0.25) is 0 Å². The van der Waals surface area contributed by atoms with Crippen LogP contribution in [0.5, 0.6) is 0 Å². The molecule has 0 aliphatic carbocycles. The fraction of sp³-hybridized carbons (Fsp3) is 0.667. The van der Waals surface area contributed by atoms with E-state index in [2.05, 4.69) is 32.6 Å². The van der Waals surface area contributed by atoms with Gasteiger partial charge in [0, 0.05) is 19.2 Å². The Bertz CT molecular complexity index is 688. The van der Waals surface area contributed by atoms with E-state index >= 15 is 0 Å². The Kier molecular flexibility index (Phi) is 7.41. The lowest BCUT2D eigenvalue weighted by molar-refractivity contribution is -0.384. The van der Waals surface area contributed by atoms with Crippen LogP contribution in [0.4, 0.5) is 11.4 Å². The molecule has 1 aliphatic heterocycles. The Morgan fingerprint density at radius 3 is 2.29 bits per heavy atom. The lowest BCUT2D eigenvalue weighted by Gasteiger charge is -2.41. The highest BCUT2D eigenvalue weighted by molar-refractivity contribution is 5.73. The van der Waals surface area contributed by atoms with Crippen LogP contribution in [0.2, 0.25) is 0 Å². The molecule has 1 aromatic rings. The van der Waals surface area contributed by atoms with Gasteiger partial charge in [0.15, 0.2) is 0 Å². The van der Waals surface area contributed by atoms with Crippen molar-refractivity contribution < 1.29 is 19.2 Å². The summed E-state index contributed by atoms with van der Waals surface area (Å²) < 4.78 is 10.5. The molecule has 1 aromatic carbocycles. The Hall–Kier alpha value is -2.15. The Labute approximate surface area is 167 Å². The minimum Gasteiger partial charge on any atom is -0.466 e. The fourth-order valence-electron chi connectivity index (χ4n) is 3.63. The van der Waals surface area contributed by atoms with Gasteiger partial charge in [-0.3, -0.25) is 14.9 Å². The minimum absolute atomic E-state index is 0.0777. The summed E-state index contributed by atoms with van der Waals surface area (Å²) in [6, 6.07) is 5.34. The number of rotatable bonds is 10. The summed E-state index contributed by atoms with van der Waals surface area (Å²) in [5.41, 5.74) is 0.920. The molecule has 1 saturated heterocycles. The van der Waals surface area contributed by atoms with E-state index in [4.69, 9.17) is 9.47 Å². The predicted octanol–water partition coefficient (Wildman–Crippen LogP) is 3.93. The number of benzene rings is 1. The number of esters is 1. The maximum absolute atomic E-state index is 12.0. The van der Waals surface area contributed by atoms with E-state index in [-0.39, 0.29) is 23.0 Å². The maximum atomic E-state index is 12.0. The number of nitrogens with zero attached hydrogens (tertiary/aromatic N) is 2. The first kappa shape index (κ1) is 22.1. The zero-order valence-corrected chi connectivity index (χ0v) is 17.6. The molecule has 0 aromatic heterocycles. The topological polar surface area (TPSA) is 81.9 Å². The third-order valence-corrected chi connectivity index (χ3v) is 4.84. The molecule has 1 heterocycles. The van der Waals surface area contributed by atoms with Crippen molar-refractivity contribution >= 4 is 17.3 Å². The van der Waals surface area contributed by atoms with E-state index < -0.39 is 5.41 Å². The fourth-order valence-corrected chi connectivity index (χ4v) is 3.63. The summed E-state index contributed by atoms with van der Waals surface area (Å²) in [6.07, 6.45) is 0.166. The van der Waals surface area contributed by atoms with Crippen molar-refractivity contribution in [1.29, 1.82) is 0 Å². The van der Waals surface area contributed by atoms with Crippen LogP contribution in [0, 0.1) is 22.0 Å². The highest BCUT2D eigenvalue weighted by Gasteiger charge is 2.44. The first-order chi connectivity index (χ1) is 13.2. The third kappa shape index (κ3) is 5.22. The predicted molar refractivity (Wildman–Crippen MR) is 109 cm³/mol. The van der Waals surface area contributed by atoms with Gasteiger partial charge in [-0.05, 0) is 30.4 Å². The monoisotopic (exact) mass is 392 g/mol. The molecular formula is C21H32N2O5. The minimum atomic E-state index is -0.545. The van der Waals surface area contributed by atoms with Gasteiger partial charge >= 0.3 is 5.97 Å². The molecule has 0 unspecified atom stereocenters. The van der Waals surface area contributed by atoms with Gasteiger partial charge in [0.05, 0.1) is 36.6 Å². The van der Waals surface area contributed by atoms with E-state index in [0.29, 0.717) is 37.3 Å². The number of carbonyl (C=O) groups excluding carboxylic acids is 1. The average Bonchev–Trinajstić information content (AvgIpc) is 2.56. The molecular weight excluding hydrogens is 360 g/mol. The number of ether oxygens (including phenoxy) is 2. The molecule has 1 aliphatic rings. The van der Waals surface area contributed by atoms with Crippen LogP contribution >= 0.6 is 0 Å². The second-order valence-corrected chi connectivity index (χ2v) is 8.41. The summed E-state index contributed by atoms with van der Waals surface area (Å²) in [6.45, 7) is 12.7. The van der Waals surface area contributed by atoms with Crippen LogP contribution < -0.4 is 4.90 Å². The normalized spacial score (nSPS) is 15.4. The molecule has 1 fully saturated rings. The van der Waals surface area contributed by atoms with Crippen molar-refractivity contribution in [1.82, 2.24) is 0 Å². The van der Waals surface area contributed by atoms with Gasteiger partial charge in [-0.25, -0.2) is 0 Å². The van der Waals surface area contributed by atoms with Gasteiger partial charge in [0.25, 0.3) is 5.69 Å². The number of hydrogen-bond donors (Lipinski definition) is 0. The van der Waals surface area contributed by atoms with E-state index in [9.17, 15) is 14.9 Å². The molecule has 28 heavy (non-hydrogen) atoms. The quantitative estimate of drug-likeness (QED) is 0.341. The third-order valence-electron chi connectivity index (χ3n) is 4.84. The first-order valence-corrected chi connectivity index (χ1v) is 9.95. The Balaban J connectivity index is 2.40. The number of hydrogen-bond acceptors (Lipinski definition) is 6. The average molecular weight is 392 g/mol. The van der Waals surface area contributed by atoms with Crippen molar-refractivity contribution in [3.8, 4) is 0 Å². The molecule has 0 atom stereocenters. The van der Waals surface area contributed by atoms with Gasteiger partial charge in [-0.1, -0.05) is 33.8 Å². The van der Waals surface area contributed by atoms with Crippen LogP contribution in [-0.2, 0) is 19.7 Å². The molecule has 0 N–H and O–H groups in total. The number of nitro groups is 1. The van der Waals surface area contributed by atoms with E-state index in [1.165, 1.54) is 0 Å². The van der Waals surface area contributed by atoms with E-state index in [0.717, 1.165) is 18.7 Å². The number of anilines is 1. The Morgan fingerprint density at radius 2 is 1.86 bits per heavy atom. The van der Waals surface area contributed by atoms with Crippen LogP contribution in [-0.4, -0.2) is 43.8 Å². The molecule has 0 spiro atoms. The molecule has 0 radical (unpaired) electrons. The second-order valence-electron chi connectivity index (χ2n) is 8.41. The van der Waals surface area contributed by atoms with Gasteiger partial charge in [-0.2, -0.15) is 0 Å². The molecule has 2 rings (SSSR count). The molecule has 7 nitrogen and oxygen atoms in total. The molecule has 156 valence electrons. The molecule has 0 bridgehead atoms. The van der Waals surface area contributed by atoms with E-state index in [1.807, 2.05) is 12.1 Å². The van der Waals surface area contributed by atoms with Crippen LogP contribution in [0.1, 0.15) is 46.6 Å². The summed E-state index contributed by atoms with van der Waals surface area (Å²) >= 11 is 0. The van der Waals surface area contributed by atoms with Crippen molar-refractivity contribution in [2.45, 2.75) is 46.5 Å². The Morgan fingerprint density at radius 1 is 1.25 bits per heavy atom. The van der Waals surface area contributed by atoms with Crippen molar-refractivity contribution in [3.05, 3.63) is 33.9 Å². The smallest absolute Gasteiger partial charge is 0.306 e. The lowest BCUT2D eigenvalue weighted by Crippen LogP contribution is -2.48. The van der Waals surface area contributed by atoms with Crippen molar-refractivity contribution in [2.24, 2.45) is 11.8 Å². The zero-order chi connectivity index (χ0) is 20.9. The van der Waals surface area contributed by atoms with E-state index in [1.54, 1.807) is 13.0 Å². The number of nitro benzene ring substituents is 1. The second kappa shape index (κ2) is 9.37. The highest BCUT2D eigenvalue weighted by Crippen LogP contribution is 2.40. The van der Waals surface area contributed by atoms with Gasteiger partial charge in [-0.15, -0.1) is 0 Å². The zero-order valence-electron chi connectivity index (χ0n) is 17.6. The molecule has 0 amide bonds. The largest absolute Gasteiger partial charge is 0.466 e. The summed E-state index contributed by atoms with van der Waals surface area (Å²) in [5, 5.41) is 11.9. The summed E-state index contributed by atoms with van der Waals surface area (Å²) in [5.74, 6) is 0.459. The highest BCUT2D eigenvalue weighted by atomic mass is 16.6. The summed E-state index contributed by atoms with van der Waals surface area (Å²) in [7, 11) is 0. The molecule has 7 heteroatoms. The standard InChI is InChI=1S/C21H32N2O5/c1-6-28-20(24)10-21(13-27-14-21)17-7-8-18(19(9-17)23(25)26)22(11-15(2)3)12-16(4)5/h7-9,15-16H,6,10-14H2,1-5H3. The maximum Gasteiger partial charge on any atom is 0.306 e. The van der Waals surface area contributed by atoms with Crippen molar-refractivity contribution in [3.63, 3.8) is 0 Å².